The van der Waals surface area contributed by atoms with Crippen molar-refractivity contribution in [2.75, 3.05) is 5.32 Å². The summed E-state index contributed by atoms with van der Waals surface area (Å²) in [6.45, 7) is 4.23. The van der Waals surface area contributed by atoms with Gasteiger partial charge in [-0.2, -0.15) is 0 Å². The predicted octanol–water partition coefficient (Wildman–Crippen LogP) is 4.59. The van der Waals surface area contributed by atoms with E-state index in [1.807, 2.05) is 18.2 Å². The third kappa shape index (κ3) is 4.66. The van der Waals surface area contributed by atoms with Crippen LogP contribution in [0.3, 0.4) is 0 Å². The average Bonchev–Trinajstić information content (AvgIpc) is 2.19. The summed E-state index contributed by atoms with van der Waals surface area (Å²) in [5.41, 5.74) is 0.817. The molecule has 0 spiro atoms. The highest BCUT2D eigenvalue weighted by molar-refractivity contribution is 9.11. The molecule has 0 aliphatic heterocycles. The fourth-order valence-corrected chi connectivity index (χ4v) is 2.37. The monoisotopic (exact) mass is 347 g/mol. The quantitative estimate of drug-likeness (QED) is 0.847. The number of carbonyl (C=O) groups is 1. The van der Waals surface area contributed by atoms with Crippen LogP contribution in [0, 0.1) is 5.92 Å². The first-order chi connectivity index (χ1) is 7.49. The maximum Gasteiger partial charge on any atom is 0.224 e. The number of rotatable bonds is 4. The Morgan fingerprint density at radius 2 is 2.06 bits per heavy atom. The molecule has 16 heavy (non-hydrogen) atoms. The van der Waals surface area contributed by atoms with Crippen LogP contribution in [0.5, 0.6) is 0 Å². The van der Waals surface area contributed by atoms with Crippen molar-refractivity contribution in [1.29, 1.82) is 0 Å². The van der Waals surface area contributed by atoms with Gasteiger partial charge in [0, 0.05) is 15.4 Å². The normalized spacial score (nSPS) is 10.6. The first-order valence-corrected chi connectivity index (χ1v) is 6.82. The lowest BCUT2D eigenvalue weighted by Crippen LogP contribution is -2.12. The van der Waals surface area contributed by atoms with Crippen molar-refractivity contribution in [3.05, 3.63) is 27.1 Å². The molecule has 1 rings (SSSR count). The molecule has 0 aliphatic rings. The first kappa shape index (κ1) is 13.7. The molecule has 1 aromatic rings. The minimum Gasteiger partial charge on any atom is -0.325 e. The molecular weight excluding hydrogens is 334 g/mol. The highest BCUT2D eigenvalue weighted by Gasteiger charge is 2.06. The highest BCUT2D eigenvalue weighted by Crippen LogP contribution is 2.26. The van der Waals surface area contributed by atoms with E-state index < -0.39 is 0 Å². The number of amides is 1. The van der Waals surface area contributed by atoms with Gasteiger partial charge in [-0.15, -0.1) is 0 Å². The van der Waals surface area contributed by atoms with Crippen LogP contribution in [-0.4, -0.2) is 5.91 Å². The Bertz CT molecular complexity index is 377. The second-order valence-electron chi connectivity index (χ2n) is 4.10. The fraction of sp³-hybridized carbons (Fsp3) is 0.417. The molecule has 0 saturated carbocycles. The van der Waals surface area contributed by atoms with Crippen molar-refractivity contribution in [1.82, 2.24) is 0 Å². The van der Waals surface area contributed by atoms with E-state index in [9.17, 15) is 4.79 Å². The molecular formula is C12H15Br2NO. The summed E-state index contributed by atoms with van der Waals surface area (Å²) < 4.78 is 1.87. The Hall–Kier alpha value is -0.350. The summed E-state index contributed by atoms with van der Waals surface area (Å²) in [6.07, 6.45) is 1.49. The minimum atomic E-state index is 0.0664. The standard InChI is InChI=1S/C12H15Br2NO/c1-8(2)3-6-12(16)15-11-5-4-9(13)7-10(11)14/h4-5,7-8H,3,6H2,1-2H3,(H,15,16). The number of halogens is 2. The maximum absolute atomic E-state index is 11.6. The summed E-state index contributed by atoms with van der Waals surface area (Å²) >= 11 is 6.78. The van der Waals surface area contributed by atoms with Gasteiger partial charge in [-0.3, -0.25) is 4.79 Å². The van der Waals surface area contributed by atoms with E-state index in [0.29, 0.717) is 12.3 Å². The van der Waals surface area contributed by atoms with Crippen molar-refractivity contribution in [3.8, 4) is 0 Å². The van der Waals surface area contributed by atoms with Crippen LogP contribution in [0.15, 0.2) is 27.1 Å². The van der Waals surface area contributed by atoms with Gasteiger partial charge in [0.15, 0.2) is 0 Å². The smallest absolute Gasteiger partial charge is 0.224 e. The second kappa shape index (κ2) is 6.40. The Balaban J connectivity index is 2.56. The van der Waals surface area contributed by atoms with Crippen LogP contribution in [0.2, 0.25) is 0 Å². The topological polar surface area (TPSA) is 29.1 Å². The summed E-state index contributed by atoms with van der Waals surface area (Å²) in [4.78, 5) is 11.6. The van der Waals surface area contributed by atoms with Crippen molar-refractivity contribution in [3.63, 3.8) is 0 Å². The summed E-state index contributed by atoms with van der Waals surface area (Å²) in [7, 11) is 0. The lowest BCUT2D eigenvalue weighted by molar-refractivity contribution is -0.116. The third-order valence-electron chi connectivity index (χ3n) is 2.15. The van der Waals surface area contributed by atoms with Gasteiger partial charge < -0.3 is 5.32 Å². The lowest BCUT2D eigenvalue weighted by Gasteiger charge is -2.08. The molecule has 1 amide bonds. The van der Waals surface area contributed by atoms with Crippen LogP contribution in [0.4, 0.5) is 5.69 Å². The molecule has 2 nitrogen and oxygen atoms in total. The fourth-order valence-electron chi connectivity index (χ4n) is 1.22. The predicted molar refractivity (Wildman–Crippen MR) is 74.5 cm³/mol. The molecule has 0 atom stereocenters. The zero-order valence-electron chi connectivity index (χ0n) is 9.39. The van der Waals surface area contributed by atoms with E-state index in [0.717, 1.165) is 21.1 Å². The van der Waals surface area contributed by atoms with Gasteiger partial charge in [0.05, 0.1) is 5.69 Å². The van der Waals surface area contributed by atoms with Gasteiger partial charge in [-0.1, -0.05) is 29.8 Å². The van der Waals surface area contributed by atoms with E-state index in [-0.39, 0.29) is 5.91 Å². The van der Waals surface area contributed by atoms with Crippen LogP contribution in [0.1, 0.15) is 26.7 Å². The molecule has 0 unspecified atom stereocenters. The maximum atomic E-state index is 11.6. The molecule has 1 N–H and O–H groups in total. The van der Waals surface area contributed by atoms with Crippen LogP contribution < -0.4 is 5.32 Å². The van der Waals surface area contributed by atoms with Gasteiger partial charge in [0.2, 0.25) is 5.91 Å². The zero-order chi connectivity index (χ0) is 12.1. The first-order valence-electron chi connectivity index (χ1n) is 5.24. The van der Waals surface area contributed by atoms with E-state index in [1.165, 1.54) is 0 Å². The molecule has 1 aromatic carbocycles. The molecule has 0 saturated heterocycles. The molecule has 0 radical (unpaired) electrons. The van der Waals surface area contributed by atoms with Crippen molar-refractivity contribution < 1.29 is 4.79 Å². The Morgan fingerprint density at radius 1 is 1.38 bits per heavy atom. The SMILES string of the molecule is CC(C)CCC(=O)Nc1ccc(Br)cc1Br. The van der Waals surface area contributed by atoms with Crippen LogP contribution in [-0.2, 0) is 4.79 Å². The van der Waals surface area contributed by atoms with E-state index in [1.54, 1.807) is 0 Å². The second-order valence-corrected chi connectivity index (χ2v) is 5.87. The minimum absolute atomic E-state index is 0.0664. The summed E-state index contributed by atoms with van der Waals surface area (Å²) in [6, 6.07) is 5.70. The average molecular weight is 349 g/mol. The number of benzene rings is 1. The van der Waals surface area contributed by atoms with Gasteiger partial charge in [-0.05, 0) is 46.5 Å². The largest absolute Gasteiger partial charge is 0.325 e. The summed E-state index contributed by atoms with van der Waals surface area (Å²) in [5, 5.41) is 2.89. The number of nitrogens with one attached hydrogen (secondary N) is 1. The molecule has 4 heteroatoms. The third-order valence-corrected chi connectivity index (χ3v) is 3.30. The van der Waals surface area contributed by atoms with E-state index in [4.69, 9.17) is 0 Å². The highest BCUT2D eigenvalue weighted by atomic mass is 79.9. The summed E-state index contributed by atoms with van der Waals surface area (Å²) in [5.74, 6) is 0.621. The molecule has 0 aromatic heterocycles. The Labute approximate surface area is 113 Å². The molecule has 0 heterocycles. The van der Waals surface area contributed by atoms with Crippen molar-refractivity contribution in [2.24, 2.45) is 5.92 Å². The van der Waals surface area contributed by atoms with Crippen molar-refractivity contribution in [2.45, 2.75) is 26.7 Å². The number of hydrogen-bond donors (Lipinski definition) is 1. The molecule has 0 bridgehead atoms. The Kier molecular flexibility index (Phi) is 5.49. The number of anilines is 1. The van der Waals surface area contributed by atoms with Crippen molar-refractivity contribution >= 4 is 43.5 Å². The Morgan fingerprint density at radius 3 is 2.62 bits per heavy atom. The van der Waals surface area contributed by atoms with Crippen LogP contribution in [0.25, 0.3) is 0 Å². The van der Waals surface area contributed by atoms with E-state index >= 15 is 0 Å². The lowest BCUT2D eigenvalue weighted by atomic mass is 10.1. The van der Waals surface area contributed by atoms with Gasteiger partial charge in [0.25, 0.3) is 0 Å². The molecule has 0 fully saturated rings. The van der Waals surface area contributed by atoms with Crippen LogP contribution >= 0.6 is 31.9 Å². The molecule has 88 valence electrons. The van der Waals surface area contributed by atoms with E-state index in [2.05, 4.69) is 51.0 Å². The van der Waals surface area contributed by atoms with Gasteiger partial charge in [0.1, 0.15) is 0 Å². The number of carbonyl (C=O) groups excluding carboxylic acids is 1. The molecule has 0 aliphatic carbocycles. The number of hydrogen-bond acceptors (Lipinski definition) is 1. The zero-order valence-corrected chi connectivity index (χ0v) is 12.6. The van der Waals surface area contributed by atoms with Gasteiger partial charge >= 0.3 is 0 Å². The van der Waals surface area contributed by atoms with Gasteiger partial charge in [-0.25, -0.2) is 0 Å².